The van der Waals surface area contributed by atoms with E-state index in [-0.39, 0.29) is 12.4 Å². The average Bonchev–Trinajstić information content (AvgIpc) is 3.19. The van der Waals surface area contributed by atoms with Crippen LogP contribution in [0.5, 0.6) is 0 Å². The lowest BCUT2D eigenvalue weighted by molar-refractivity contribution is 0.301. The number of anilines is 1. The van der Waals surface area contributed by atoms with Crippen LogP contribution in [0.25, 0.3) is 0 Å². The van der Waals surface area contributed by atoms with Gasteiger partial charge in [0.25, 0.3) is 0 Å². The van der Waals surface area contributed by atoms with Crippen LogP contribution in [0.15, 0.2) is 18.2 Å². The van der Waals surface area contributed by atoms with Crippen LogP contribution in [0.1, 0.15) is 25.3 Å². The maximum atomic E-state index is 13.9. The molecule has 0 atom stereocenters. The third kappa shape index (κ3) is 3.00. The molecule has 2 N–H and O–H groups in total. The molecule has 100 valence electrons. The number of halogens is 1. The van der Waals surface area contributed by atoms with E-state index in [1.807, 2.05) is 13.0 Å². The molecule has 0 saturated heterocycles. The Balaban J connectivity index is 2.25. The van der Waals surface area contributed by atoms with Crippen molar-refractivity contribution in [3.63, 3.8) is 0 Å². The van der Waals surface area contributed by atoms with Crippen LogP contribution in [0.4, 0.5) is 10.1 Å². The van der Waals surface area contributed by atoms with E-state index in [9.17, 15) is 4.39 Å². The van der Waals surface area contributed by atoms with Gasteiger partial charge in [-0.2, -0.15) is 0 Å². The van der Waals surface area contributed by atoms with Gasteiger partial charge in [-0.25, -0.2) is 4.39 Å². The molecule has 2 rings (SSSR count). The maximum absolute atomic E-state index is 13.9. The number of benzene rings is 1. The minimum atomic E-state index is -0.169. The molecule has 1 aromatic rings. The zero-order valence-corrected chi connectivity index (χ0v) is 10.8. The van der Waals surface area contributed by atoms with Crippen molar-refractivity contribution in [3.05, 3.63) is 29.6 Å². The fourth-order valence-electron chi connectivity index (χ4n) is 2.24. The number of aliphatic hydroxyl groups excluding tert-OH is 1. The van der Waals surface area contributed by atoms with Gasteiger partial charge in [0.15, 0.2) is 0 Å². The van der Waals surface area contributed by atoms with E-state index in [1.54, 1.807) is 6.07 Å². The highest BCUT2D eigenvalue weighted by Gasteiger charge is 2.30. The van der Waals surface area contributed by atoms with Gasteiger partial charge in [0.1, 0.15) is 5.82 Å². The van der Waals surface area contributed by atoms with Crippen LogP contribution >= 0.6 is 0 Å². The average molecular weight is 252 g/mol. The Morgan fingerprint density at radius 3 is 2.83 bits per heavy atom. The fourth-order valence-corrected chi connectivity index (χ4v) is 2.24. The van der Waals surface area contributed by atoms with Crippen molar-refractivity contribution >= 4 is 5.69 Å². The molecule has 0 unspecified atom stereocenters. The standard InChI is InChI=1S/C14H21FN2O/c1-2-16-10-12-13(15)4-3-5-14(12)17(8-9-18)11-6-7-11/h3-5,11,16,18H,2,6-10H2,1H3. The molecule has 0 spiro atoms. The van der Waals surface area contributed by atoms with Gasteiger partial charge in [-0.05, 0) is 31.5 Å². The van der Waals surface area contributed by atoms with Crippen molar-refractivity contribution in [1.29, 1.82) is 0 Å². The van der Waals surface area contributed by atoms with Crippen LogP contribution in [0.2, 0.25) is 0 Å². The summed E-state index contributed by atoms with van der Waals surface area (Å²) in [6.07, 6.45) is 2.27. The van der Waals surface area contributed by atoms with Crippen molar-refractivity contribution in [2.45, 2.75) is 32.4 Å². The molecule has 0 heterocycles. The lowest BCUT2D eigenvalue weighted by Crippen LogP contribution is -2.30. The number of nitrogens with zero attached hydrogens (tertiary/aromatic N) is 1. The first kappa shape index (κ1) is 13.3. The van der Waals surface area contributed by atoms with Crippen LogP contribution in [-0.2, 0) is 6.54 Å². The van der Waals surface area contributed by atoms with E-state index in [2.05, 4.69) is 10.2 Å². The smallest absolute Gasteiger partial charge is 0.129 e. The van der Waals surface area contributed by atoms with Gasteiger partial charge in [0.05, 0.1) is 6.61 Å². The van der Waals surface area contributed by atoms with Crippen molar-refractivity contribution < 1.29 is 9.50 Å². The van der Waals surface area contributed by atoms with Gasteiger partial charge in [-0.1, -0.05) is 13.0 Å². The highest BCUT2D eigenvalue weighted by molar-refractivity contribution is 5.56. The summed E-state index contributed by atoms with van der Waals surface area (Å²) in [5, 5.41) is 12.3. The number of hydrogen-bond acceptors (Lipinski definition) is 3. The third-order valence-corrected chi connectivity index (χ3v) is 3.28. The topological polar surface area (TPSA) is 35.5 Å². The third-order valence-electron chi connectivity index (χ3n) is 3.28. The highest BCUT2D eigenvalue weighted by atomic mass is 19.1. The largest absolute Gasteiger partial charge is 0.395 e. The second kappa shape index (κ2) is 6.16. The van der Waals surface area contributed by atoms with Crippen LogP contribution < -0.4 is 10.2 Å². The van der Waals surface area contributed by atoms with Crippen LogP contribution in [0.3, 0.4) is 0 Å². The first-order valence-corrected chi connectivity index (χ1v) is 6.63. The number of nitrogens with one attached hydrogen (secondary N) is 1. The Labute approximate surface area is 108 Å². The van der Waals surface area contributed by atoms with Gasteiger partial charge in [-0.15, -0.1) is 0 Å². The summed E-state index contributed by atoms with van der Waals surface area (Å²) in [5.74, 6) is -0.169. The molecule has 0 aliphatic heterocycles. The number of rotatable bonds is 7. The van der Waals surface area contributed by atoms with E-state index >= 15 is 0 Å². The summed E-state index contributed by atoms with van der Waals surface area (Å²) in [6, 6.07) is 5.66. The number of hydrogen-bond donors (Lipinski definition) is 2. The first-order chi connectivity index (χ1) is 8.77. The molecule has 1 aliphatic carbocycles. The van der Waals surface area contributed by atoms with Crippen molar-refractivity contribution in [2.24, 2.45) is 0 Å². The molecular formula is C14H21FN2O. The Hall–Kier alpha value is -1.13. The molecule has 18 heavy (non-hydrogen) atoms. The quantitative estimate of drug-likeness (QED) is 0.778. The molecule has 0 radical (unpaired) electrons. The Kier molecular flexibility index (Phi) is 4.55. The van der Waals surface area contributed by atoms with Crippen molar-refractivity contribution in [2.75, 3.05) is 24.6 Å². The zero-order valence-electron chi connectivity index (χ0n) is 10.8. The molecule has 3 nitrogen and oxygen atoms in total. The molecule has 1 fully saturated rings. The van der Waals surface area contributed by atoms with E-state index in [0.29, 0.717) is 24.7 Å². The lowest BCUT2D eigenvalue weighted by atomic mass is 10.1. The summed E-state index contributed by atoms with van der Waals surface area (Å²) >= 11 is 0. The van der Waals surface area contributed by atoms with E-state index in [0.717, 1.165) is 25.1 Å². The van der Waals surface area contributed by atoms with E-state index in [1.165, 1.54) is 6.07 Å². The fraction of sp³-hybridized carbons (Fsp3) is 0.571. The van der Waals surface area contributed by atoms with Crippen molar-refractivity contribution in [3.8, 4) is 0 Å². The predicted octanol–water partition coefficient (Wildman–Crippen LogP) is 1.90. The van der Waals surface area contributed by atoms with Gasteiger partial charge < -0.3 is 15.3 Å². The van der Waals surface area contributed by atoms with E-state index in [4.69, 9.17) is 5.11 Å². The zero-order chi connectivity index (χ0) is 13.0. The van der Waals surface area contributed by atoms with Crippen LogP contribution in [-0.4, -0.2) is 30.8 Å². The highest BCUT2D eigenvalue weighted by Crippen LogP contribution is 2.34. The van der Waals surface area contributed by atoms with Crippen LogP contribution in [0, 0.1) is 5.82 Å². The Morgan fingerprint density at radius 2 is 2.22 bits per heavy atom. The molecule has 1 saturated carbocycles. The Morgan fingerprint density at radius 1 is 1.44 bits per heavy atom. The Bertz CT molecular complexity index is 393. The summed E-state index contributed by atoms with van der Waals surface area (Å²) in [5.41, 5.74) is 1.63. The minimum absolute atomic E-state index is 0.105. The van der Waals surface area contributed by atoms with Gasteiger partial charge in [-0.3, -0.25) is 0 Å². The molecule has 0 bridgehead atoms. The molecular weight excluding hydrogens is 231 g/mol. The molecule has 4 heteroatoms. The van der Waals surface area contributed by atoms with Gasteiger partial charge in [0.2, 0.25) is 0 Å². The molecule has 0 aromatic heterocycles. The minimum Gasteiger partial charge on any atom is -0.395 e. The predicted molar refractivity (Wildman–Crippen MR) is 71.2 cm³/mol. The summed E-state index contributed by atoms with van der Waals surface area (Å²) in [4.78, 5) is 2.13. The first-order valence-electron chi connectivity index (χ1n) is 6.63. The molecule has 1 aromatic carbocycles. The van der Waals surface area contributed by atoms with Gasteiger partial charge in [0, 0.05) is 30.4 Å². The second-order valence-electron chi connectivity index (χ2n) is 4.67. The summed E-state index contributed by atoms with van der Waals surface area (Å²) in [7, 11) is 0. The normalized spacial score (nSPS) is 14.8. The monoisotopic (exact) mass is 252 g/mol. The maximum Gasteiger partial charge on any atom is 0.129 e. The summed E-state index contributed by atoms with van der Waals surface area (Å²) < 4.78 is 13.9. The molecule has 1 aliphatic rings. The van der Waals surface area contributed by atoms with E-state index < -0.39 is 0 Å². The lowest BCUT2D eigenvalue weighted by Gasteiger charge is -2.26. The molecule has 0 amide bonds. The number of aliphatic hydroxyl groups is 1. The van der Waals surface area contributed by atoms with Crippen molar-refractivity contribution in [1.82, 2.24) is 5.32 Å². The van der Waals surface area contributed by atoms with Gasteiger partial charge >= 0.3 is 0 Å². The summed E-state index contributed by atoms with van der Waals surface area (Å²) in [6.45, 7) is 4.04. The second-order valence-corrected chi connectivity index (χ2v) is 4.67. The SMILES string of the molecule is CCNCc1c(F)cccc1N(CCO)C1CC1.